The van der Waals surface area contributed by atoms with Gasteiger partial charge in [0.05, 0.1) is 7.11 Å². The highest BCUT2D eigenvalue weighted by Gasteiger charge is 2.26. The number of thiophene rings is 1. The van der Waals surface area contributed by atoms with E-state index in [1.807, 2.05) is 0 Å². The Labute approximate surface area is 102 Å². The lowest BCUT2D eigenvalue weighted by atomic mass is 10.3. The summed E-state index contributed by atoms with van der Waals surface area (Å²) in [5, 5.41) is -1.34. The molecule has 0 radical (unpaired) electrons. The first-order valence-electron chi connectivity index (χ1n) is 4.33. The van der Waals surface area contributed by atoms with Gasteiger partial charge in [-0.15, -0.1) is 0 Å². The number of hydrogen-bond donors (Lipinski definition) is 2. The van der Waals surface area contributed by atoms with E-state index < -0.39 is 21.5 Å². The molecule has 1 atom stereocenters. The Kier molecular flexibility index (Phi) is 4.09. The maximum absolute atomic E-state index is 10.9. The number of carbonyl (C=O) groups excluding carboxylic acids is 1. The summed E-state index contributed by atoms with van der Waals surface area (Å²) in [6.07, 6.45) is 0. The molecule has 1 rings (SSSR count). The van der Waals surface area contributed by atoms with Gasteiger partial charge in [0.15, 0.2) is 15.5 Å². The van der Waals surface area contributed by atoms with Crippen LogP contribution in [0.25, 0.3) is 0 Å². The first-order valence-corrected chi connectivity index (χ1v) is 6.65. The van der Waals surface area contributed by atoms with Crippen LogP contribution in [-0.4, -0.2) is 26.0 Å². The molecule has 0 aliphatic heterocycles. The van der Waals surface area contributed by atoms with Crippen LogP contribution in [0.15, 0.2) is 6.07 Å². The standard InChI is InChI=1S/C8H11NO6S2/c1-4(10)15-6-3-5(8(14-2)16-6)7(9)17(11,12)13/h3,7H,9H2,1-2H3,(H,11,12,13). The molecule has 0 bridgehead atoms. The van der Waals surface area contributed by atoms with Crippen molar-refractivity contribution in [3.8, 4) is 10.1 Å². The van der Waals surface area contributed by atoms with Gasteiger partial charge in [-0.1, -0.05) is 11.3 Å². The van der Waals surface area contributed by atoms with Gasteiger partial charge >= 0.3 is 5.97 Å². The van der Waals surface area contributed by atoms with Crippen molar-refractivity contribution in [2.75, 3.05) is 7.11 Å². The molecule has 1 aromatic rings. The van der Waals surface area contributed by atoms with Crippen molar-refractivity contribution in [2.24, 2.45) is 5.73 Å². The van der Waals surface area contributed by atoms with Crippen LogP contribution in [0, 0.1) is 0 Å². The molecular weight excluding hydrogens is 270 g/mol. The Morgan fingerprint density at radius 1 is 1.59 bits per heavy atom. The fourth-order valence-electron chi connectivity index (χ4n) is 1.08. The summed E-state index contributed by atoms with van der Waals surface area (Å²) in [4.78, 5) is 10.7. The topological polar surface area (TPSA) is 116 Å². The third kappa shape index (κ3) is 3.40. The molecule has 0 saturated carbocycles. The van der Waals surface area contributed by atoms with Crippen molar-refractivity contribution >= 4 is 27.4 Å². The number of carbonyl (C=O) groups is 1. The second kappa shape index (κ2) is 5.00. The minimum atomic E-state index is -4.44. The molecule has 1 unspecified atom stereocenters. The zero-order valence-corrected chi connectivity index (χ0v) is 10.7. The van der Waals surface area contributed by atoms with Crippen molar-refractivity contribution in [3.63, 3.8) is 0 Å². The number of esters is 1. The lowest BCUT2D eigenvalue weighted by Gasteiger charge is -2.07. The fraction of sp³-hybridized carbons (Fsp3) is 0.375. The van der Waals surface area contributed by atoms with E-state index >= 15 is 0 Å². The summed E-state index contributed by atoms with van der Waals surface area (Å²) in [6, 6.07) is 1.24. The first-order chi connectivity index (χ1) is 7.75. The Balaban J connectivity index is 3.15. The summed E-state index contributed by atoms with van der Waals surface area (Å²) < 4.78 is 40.3. The van der Waals surface area contributed by atoms with Crippen LogP contribution in [0.5, 0.6) is 10.1 Å². The molecule has 1 aromatic heterocycles. The van der Waals surface area contributed by atoms with E-state index in [2.05, 4.69) is 0 Å². The molecule has 9 heteroatoms. The predicted octanol–water partition coefficient (Wildman–Crippen LogP) is 0.527. The predicted molar refractivity (Wildman–Crippen MR) is 60.7 cm³/mol. The Morgan fingerprint density at radius 3 is 2.59 bits per heavy atom. The van der Waals surface area contributed by atoms with Crippen molar-refractivity contribution in [1.29, 1.82) is 0 Å². The summed E-state index contributed by atoms with van der Waals surface area (Å²) in [5.74, 6) is -0.555. The van der Waals surface area contributed by atoms with Gasteiger partial charge in [0, 0.05) is 18.6 Å². The summed E-state index contributed by atoms with van der Waals surface area (Å²) in [5.41, 5.74) is 5.38. The van der Waals surface area contributed by atoms with Crippen molar-refractivity contribution in [3.05, 3.63) is 11.6 Å². The summed E-state index contributed by atoms with van der Waals surface area (Å²) in [6.45, 7) is 1.20. The van der Waals surface area contributed by atoms with Gasteiger partial charge in [-0.3, -0.25) is 9.35 Å². The van der Waals surface area contributed by atoms with Crippen LogP contribution >= 0.6 is 11.3 Å². The number of ether oxygens (including phenoxy) is 2. The van der Waals surface area contributed by atoms with Crippen LogP contribution < -0.4 is 15.2 Å². The molecule has 17 heavy (non-hydrogen) atoms. The van der Waals surface area contributed by atoms with Gasteiger partial charge in [-0.05, 0) is 0 Å². The molecule has 0 amide bonds. The quantitative estimate of drug-likeness (QED) is 0.610. The van der Waals surface area contributed by atoms with Crippen molar-refractivity contribution in [1.82, 2.24) is 0 Å². The SMILES string of the molecule is COc1sc(OC(C)=O)cc1C(N)S(=O)(=O)O. The lowest BCUT2D eigenvalue weighted by Crippen LogP contribution is -2.20. The number of hydrogen-bond acceptors (Lipinski definition) is 7. The Morgan fingerprint density at radius 2 is 2.18 bits per heavy atom. The van der Waals surface area contributed by atoms with E-state index in [0.717, 1.165) is 11.3 Å². The van der Waals surface area contributed by atoms with Gasteiger partial charge in [0.1, 0.15) is 0 Å². The normalized spacial score (nSPS) is 13.2. The lowest BCUT2D eigenvalue weighted by molar-refractivity contribution is -0.131. The highest BCUT2D eigenvalue weighted by molar-refractivity contribution is 7.86. The van der Waals surface area contributed by atoms with Crippen LogP contribution in [0.4, 0.5) is 0 Å². The van der Waals surface area contributed by atoms with Crippen molar-refractivity contribution < 1.29 is 27.2 Å². The number of methoxy groups -OCH3 is 1. The first kappa shape index (κ1) is 13.9. The van der Waals surface area contributed by atoms with E-state index in [9.17, 15) is 13.2 Å². The molecule has 0 fully saturated rings. The minimum Gasteiger partial charge on any atom is -0.487 e. The monoisotopic (exact) mass is 281 g/mol. The molecule has 0 saturated heterocycles. The average molecular weight is 281 g/mol. The van der Waals surface area contributed by atoms with E-state index in [0.29, 0.717) is 0 Å². The van der Waals surface area contributed by atoms with Crippen LogP contribution in [0.2, 0.25) is 0 Å². The van der Waals surface area contributed by atoms with E-state index in [1.54, 1.807) is 0 Å². The van der Waals surface area contributed by atoms with Crippen LogP contribution in [0.3, 0.4) is 0 Å². The van der Waals surface area contributed by atoms with Crippen LogP contribution in [0.1, 0.15) is 17.9 Å². The maximum atomic E-state index is 10.9. The summed E-state index contributed by atoms with van der Waals surface area (Å²) >= 11 is 0.911. The molecule has 3 N–H and O–H groups in total. The van der Waals surface area contributed by atoms with E-state index in [-0.39, 0.29) is 15.7 Å². The van der Waals surface area contributed by atoms with Gasteiger partial charge < -0.3 is 15.2 Å². The summed E-state index contributed by atoms with van der Waals surface area (Å²) in [7, 11) is -3.13. The number of rotatable bonds is 4. The molecule has 1 heterocycles. The second-order valence-corrected chi connectivity index (χ2v) is 5.56. The Hall–Kier alpha value is -1.16. The maximum Gasteiger partial charge on any atom is 0.308 e. The minimum absolute atomic E-state index is 0.0382. The average Bonchev–Trinajstić information content (AvgIpc) is 2.57. The molecule has 0 spiro atoms. The molecule has 0 aliphatic carbocycles. The van der Waals surface area contributed by atoms with Gasteiger partial charge in [0.25, 0.3) is 10.1 Å². The zero-order valence-electron chi connectivity index (χ0n) is 9.04. The van der Waals surface area contributed by atoms with E-state index in [1.165, 1.54) is 20.1 Å². The molecule has 0 aliphatic rings. The third-order valence-electron chi connectivity index (χ3n) is 1.76. The highest BCUT2D eigenvalue weighted by atomic mass is 32.2. The molecule has 7 nitrogen and oxygen atoms in total. The fourth-order valence-corrected chi connectivity index (χ4v) is 2.56. The smallest absolute Gasteiger partial charge is 0.308 e. The van der Waals surface area contributed by atoms with Gasteiger partial charge in [0.2, 0.25) is 0 Å². The Bertz CT molecular complexity index is 520. The zero-order chi connectivity index (χ0) is 13.2. The molecule has 96 valence electrons. The van der Waals surface area contributed by atoms with Gasteiger partial charge in [-0.25, -0.2) is 0 Å². The molecule has 0 aromatic carbocycles. The second-order valence-electron chi connectivity index (χ2n) is 3.04. The van der Waals surface area contributed by atoms with Gasteiger partial charge in [-0.2, -0.15) is 8.42 Å². The molecular formula is C8H11NO6S2. The van der Waals surface area contributed by atoms with Crippen molar-refractivity contribution in [2.45, 2.75) is 12.3 Å². The van der Waals surface area contributed by atoms with E-state index in [4.69, 9.17) is 19.8 Å². The number of nitrogens with two attached hydrogens (primary N) is 1. The highest BCUT2D eigenvalue weighted by Crippen LogP contribution is 2.39. The van der Waals surface area contributed by atoms with Crippen LogP contribution in [-0.2, 0) is 14.9 Å². The largest absolute Gasteiger partial charge is 0.487 e. The third-order valence-corrected chi connectivity index (χ3v) is 3.65.